The smallest absolute Gasteiger partial charge is 0.183 e. The largest absolute Gasteiger partial charge is 0.262 e. The summed E-state index contributed by atoms with van der Waals surface area (Å²) in [5.41, 5.74) is 1.47. The van der Waals surface area contributed by atoms with Crippen LogP contribution in [0.1, 0.15) is 32.3 Å². The Morgan fingerprint density at radius 3 is 2.65 bits per heavy atom. The van der Waals surface area contributed by atoms with Crippen molar-refractivity contribution < 1.29 is 0 Å². The Morgan fingerprint density at radius 1 is 1.20 bits per heavy atom. The van der Waals surface area contributed by atoms with Gasteiger partial charge in [0.2, 0.25) is 0 Å². The maximum Gasteiger partial charge on any atom is 0.183 e. The van der Waals surface area contributed by atoms with Gasteiger partial charge in [-0.05, 0) is 18.5 Å². The number of hydrogen-bond acceptors (Lipinski definition) is 6. The van der Waals surface area contributed by atoms with Crippen molar-refractivity contribution in [2.24, 2.45) is 0 Å². The van der Waals surface area contributed by atoms with E-state index in [-0.39, 0.29) is 5.41 Å². The lowest BCUT2D eigenvalue weighted by Gasteiger charge is -2.15. The zero-order valence-corrected chi connectivity index (χ0v) is 13.1. The Kier molecular flexibility index (Phi) is 2.98. The zero-order chi connectivity index (χ0) is 14.5. The summed E-state index contributed by atoms with van der Waals surface area (Å²) in [5, 5.41) is 13.1. The standard InChI is InChI=1S/C12H13ClN6S/c1-6-14-7(13)5-8-15-17-11(19(6)8)9-10(12(2,3)4)16-18-20-9/h5H,1-4H3. The molecule has 0 radical (unpaired) electrons. The molecule has 20 heavy (non-hydrogen) atoms. The van der Waals surface area contributed by atoms with Gasteiger partial charge in [-0.3, -0.25) is 4.40 Å². The number of halogens is 1. The van der Waals surface area contributed by atoms with Crippen molar-refractivity contribution >= 4 is 28.8 Å². The summed E-state index contributed by atoms with van der Waals surface area (Å²) in [6.07, 6.45) is 0. The first-order chi connectivity index (χ1) is 9.38. The van der Waals surface area contributed by atoms with Crippen LogP contribution in [-0.4, -0.2) is 29.2 Å². The third kappa shape index (κ3) is 2.06. The van der Waals surface area contributed by atoms with Crippen LogP contribution in [0.15, 0.2) is 6.07 Å². The second-order valence-corrected chi connectivity index (χ2v) is 6.69. The monoisotopic (exact) mass is 308 g/mol. The summed E-state index contributed by atoms with van der Waals surface area (Å²) in [4.78, 5) is 5.16. The fraction of sp³-hybridized carbons (Fsp3) is 0.417. The van der Waals surface area contributed by atoms with E-state index in [9.17, 15) is 0 Å². The first-order valence-corrected chi connectivity index (χ1v) is 7.24. The van der Waals surface area contributed by atoms with E-state index in [1.807, 2.05) is 11.3 Å². The minimum absolute atomic E-state index is 0.109. The molecule has 0 aliphatic carbocycles. The van der Waals surface area contributed by atoms with E-state index in [0.717, 1.165) is 16.4 Å². The second-order valence-electron chi connectivity index (χ2n) is 5.54. The van der Waals surface area contributed by atoms with Crippen molar-refractivity contribution in [3.63, 3.8) is 0 Å². The summed E-state index contributed by atoms with van der Waals surface area (Å²) in [6, 6.07) is 1.69. The second kappa shape index (κ2) is 4.46. The molecule has 3 aromatic rings. The Bertz CT molecular complexity index is 785. The van der Waals surface area contributed by atoms with Crippen molar-refractivity contribution in [1.82, 2.24) is 29.2 Å². The maximum absolute atomic E-state index is 5.95. The van der Waals surface area contributed by atoms with Gasteiger partial charge in [-0.15, -0.1) is 15.3 Å². The minimum atomic E-state index is -0.109. The molecule has 0 saturated carbocycles. The molecule has 8 heteroatoms. The molecule has 0 saturated heterocycles. The van der Waals surface area contributed by atoms with Crippen LogP contribution in [0.25, 0.3) is 16.3 Å². The van der Waals surface area contributed by atoms with Crippen LogP contribution in [0.5, 0.6) is 0 Å². The van der Waals surface area contributed by atoms with Gasteiger partial charge in [-0.25, -0.2) is 4.98 Å². The predicted octanol–water partition coefficient (Wildman–Crippen LogP) is 2.90. The number of rotatable bonds is 1. The van der Waals surface area contributed by atoms with Crippen LogP contribution in [-0.2, 0) is 5.41 Å². The molecule has 0 bridgehead atoms. The van der Waals surface area contributed by atoms with Crippen molar-refractivity contribution in [3.05, 3.63) is 22.7 Å². The molecule has 0 spiro atoms. The molecule has 0 unspecified atom stereocenters. The fourth-order valence-corrected chi connectivity index (χ4v) is 3.10. The van der Waals surface area contributed by atoms with E-state index >= 15 is 0 Å². The molecule has 104 valence electrons. The van der Waals surface area contributed by atoms with Gasteiger partial charge in [0.1, 0.15) is 15.9 Å². The molecular weight excluding hydrogens is 296 g/mol. The highest BCUT2D eigenvalue weighted by atomic mass is 35.5. The lowest BCUT2D eigenvalue weighted by atomic mass is 9.91. The van der Waals surface area contributed by atoms with Crippen molar-refractivity contribution in [2.45, 2.75) is 33.1 Å². The van der Waals surface area contributed by atoms with Crippen LogP contribution >= 0.6 is 23.1 Å². The highest BCUT2D eigenvalue weighted by molar-refractivity contribution is 7.09. The van der Waals surface area contributed by atoms with Crippen LogP contribution < -0.4 is 0 Å². The van der Waals surface area contributed by atoms with Crippen molar-refractivity contribution in [2.75, 3.05) is 0 Å². The summed E-state index contributed by atoms with van der Waals surface area (Å²) in [7, 11) is 0. The average Bonchev–Trinajstić information content (AvgIpc) is 2.91. The van der Waals surface area contributed by atoms with Gasteiger partial charge in [-0.1, -0.05) is 36.9 Å². The number of aromatic nitrogens is 6. The molecule has 3 heterocycles. The molecule has 0 N–H and O–H groups in total. The molecule has 0 aliphatic heterocycles. The van der Waals surface area contributed by atoms with E-state index in [4.69, 9.17) is 11.6 Å². The Labute approximate surface area is 125 Å². The third-order valence-electron chi connectivity index (χ3n) is 2.93. The number of nitrogens with zero attached hydrogens (tertiary/aromatic N) is 6. The van der Waals surface area contributed by atoms with Gasteiger partial charge in [0.25, 0.3) is 0 Å². The van der Waals surface area contributed by atoms with Crippen LogP contribution in [0.3, 0.4) is 0 Å². The van der Waals surface area contributed by atoms with E-state index < -0.39 is 0 Å². The molecule has 0 aliphatic rings. The summed E-state index contributed by atoms with van der Waals surface area (Å²) >= 11 is 7.26. The number of aryl methyl sites for hydroxylation is 1. The summed E-state index contributed by atoms with van der Waals surface area (Å²) in [6.45, 7) is 8.16. The number of hydrogen-bond donors (Lipinski definition) is 0. The normalized spacial score (nSPS) is 12.2. The Hall–Kier alpha value is -1.60. The minimum Gasteiger partial charge on any atom is -0.262 e. The zero-order valence-electron chi connectivity index (χ0n) is 11.5. The summed E-state index contributed by atoms with van der Waals surface area (Å²) < 4.78 is 5.93. The van der Waals surface area contributed by atoms with Gasteiger partial charge in [0, 0.05) is 11.5 Å². The Balaban J connectivity index is 2.29. The molecule has 0 fully saturated rings. The molecule has 0 aromatic carbocycles. The van der Waals surface area contributed by atoms with Gasteiger partial charge in [0.15, 0.2) is 11.5 Å². The Morgan fingerprint density at radius 2 is 1.95 bits per heavy atom. The van der Waals surface area contributed by atoms with Crippen LogP contribution in [0.4, 0.5) is 0 Å². The number of fused-ring (bicyclic) bond motifs is 1. The maximum atomic E-state index is 5.95. The van der Waals surface area contributed by atoms with Gasteiger partial charge in [-0.2, -0.15) is 0 Å². The third-order valence-corrected chi connectivity index (χ3v) is 3.85. The molecule has 6 nitrogen and oxygen atoms in total. The molecular formula is C12H13ClN6S. The van der Waals surface area contributed by atoms with Gasteiger partial charge in [0.05, 0.1) is 5.69 Å². The van der Waals surface area contributed by atoms with E-state index in [1.54, 1.807) is 6.07 Å². The van der Waals surface area contributed by atoms with Crippen LogP contribution in [0.2, 0.25) is 5.15 Å². The first kappa shape index (κ1) is 13.4. The topological polar surface area (TPSA) is 68.9 Å². The van der Waals surface area contributed by atoms with E-state index in [2.05, 4.69) is 45.5 Å². The molecule has 3 rings (SSSR count). The van der Waals surface area contributed by atoms with E-state index in [0.29, 0.717) is 16.6 Å². The fourth-order valence-electron chi connectivity index (χ4n) is 2.03. The molecule has 3 aromatic heterocycles. The summed E-state index contributed by atoms with van der Waals surface area (Å²) in [5.74, 6) is 1.45. The average molecular weight is 309 g/mol. The SMILES string of the molecule is Cc1nc(Cl)cc2nnc(-c3snnc3C(C)(C)C)n12. The first-order valence-electron chi connectivity index (χ1n) is 6.09. The van der Waals surface area contributed by atoms with Crippen LogP contribution in [0, 0.1) is 6.92 Å². The van der Waals surface area contributed by atoms with Crippen molar-refractivity contribution in [3.8, 4) is 10.7 Å². The quantitative estimate of drug-likeness (QED) is 0.647. The highest BCUT2D eigenvalue weighted by Crippen LogP contribution is 2.33. The van der Waals surface area contributed by atoms with Gasteiger partial charge >= 0.3 is 0 Å². The van der Waals surface area contributed by atoms with Gasteiger partial charge < -0.3 is 0 Å². The molecule has 0 atom stereocenters. The lowest BCUT2D eigenvalue weighted by molar-refractivity contribution is 0.567. The lowest BCUT2D eigenvalue weighted by Crippen LogP contribution is -2.13. The highest BCUT2D eigenvalue weighted by Gasteiger charge is 2.26. The van der Waals surface area contributed by atoms with E-state index in [1.165, 1.54) is 11.5 Å². The predicted molar refractivity (Wildman–Crippen MR) is 78.1 cm³/mol. The van der Waals surface area contributed by atoms with Crippen molar-refractivity contribution in [1.29, 1.82) is 0 Å². The molecule has 0 amide bonds.